The fraction of sp³-hybridized carbons (Fsp3) is 0.346. The van der Waals surface area contributed by atoms with E-state index < -0.39 is 28.8 Å². The van der Waals surface area contributed by atoms with Gasteiger partial charge in [-0.05, 0) is 44.0 Å². The number of imide groups is 1. The summed E-state index contributed by atoms with van der Waals surface area (Å²) in [4.78, 5) is 54.9. The number of allylic oxidation sites excluding steroid dienone is 1. The molecule has 2 amide bonds. The zero-order valence-electron chi connectivity index (χ0n) is 19.2. The fourth-order valence-corrected chi connectivity index (χ4v) is 5.66. The molecule has 34 heavy (non-hydrogen) atoms. The third kappa shape index (κ3) is 3.01. The van der Waals surface area contributed by atoms with Gasteiger partial charge in [0, 0.05) is 35.0 Å². The van der Waals surface area contributed by atoms with E-state index in [-0.39, 0.29) is 34.9 Å². The predicted molar refractivity (Wildman–Crippen MR) is 126 cm³/mol. The quantitative estimate of drug-likeness (QED) is 0.291. The Morgan fingerprint density at radius 2 is 1.71 bits per heavy atom. The van der Waals surface area contributed by atoms with Crippen LogP contribution in [-0.2, 0) is 9.59 Å². The number of amides is 2. The van der Waals surface area contributed by atoms with Gasteiger partial charge in [-0.1, -0.05) is 31.2 Å². The van der Waals surface area contributed by atoms with Crippen LogP contribution in [0.15, 0.2) is 54.6 Å². The van der Waals surface area contributed by atoms with E-state index in [0.717, 1.165) is 16.8 Å². The average molecular weight is 460 g/mol. The van der Waals surface area contributed by atoms with E-state index >= 15 is 0 Å². The van der Waals surface area contributed by atoms with Crippen LogP contribution in [0.25, 0.3) is 5.57 Å². The van der Waals surface area contributed by atoms with Gasteiger partial charge in [-0.2, -0.15) is 0 Å². The Labute approximate surface area is 197 Å². The molecule has 2 aromatic rings. The predicted octanol–water partition coefficient (Wildman–Crippen LogP) is 3.85. The number of rotatable bonds is 5. The van der Waals surface area contributed by atoms with Crippen molar-refractivity contribution in [3.63, 3.8) is 0 Å². The van der Waals surface area contributed by atoms with Gasteiger partial charge in [0.1, 0.15) is 6.04 Å². The first-order valence-electron chi connectivity index (χ1n) is 11.5. The largest absolute Gasteiger partial charge is 0.352 e. The van der Waals surface area contributed by atoms with Crippen molar-refractivity contribution in [3.8, 4) is 0 Å². The van der Waals surface area contributed by atoms with Crippen LogP contribution < -0.4 is 4.90 Å². The Morgan fingerprint density at radius 3 is 2.35 bits per heavy atom. The minimum atomic E-state index is -0.882. The van der Waals surface area contributed by atoms with Gasteiger partial charge in [0.05, 0.1) is 22.8 Å². The van der Waals surface area contributed by atoms with Gasteiger partial charge in [-0.15, -0.1) is 0 Å². The average Bonchev–Trinajstić information content (AvgIpc) is 3.31. The normalized spacial score (nSPS) is 26.0. The Bertz CT molecular complexity index is 1250. The smallest absolute Gasteiger partial charge is 0.269 e. The second-order valence-electron chi connectivity index (χ2n) is 9.23. The SMILES string of the molecule is CC[C@@H](C)N1C(=O)[C@@H]2[C@@H](C1=O)[C@@H]1C=C(C)c3ccccc3N1[C@@H]2C(=O)c1ccc([N+](=O)[O-])cc1. The maximum absolute atomic E-state index is 13.9. The second kappa shape index (κ2) is 7.90. The molecule has 5 atom stereocenters. The molecule has 0 N–H and O–H groups in total. The van der Waals surface area contributed by atoms with E-state index in [1.54, 1.807) is 0 Å². The highest BCUT2D eigenvalue weighted by atomic mass is 16.6. The zero-order chi connectivity index (χ0) is 24.3. The van der Waals surface area contributed by atoms with E-state index in [9.17, 15) is 24.5 Å². The highest BCUT2D eigenvalue weighted by Gasteiger charge is 2.64. The van der Waals surface area contributed by atoms with Crippen LogP contribution in [0.3, 0.4) is 0 Å². The van der Waals surface area contributed by atoms with Crippen LogP contribution in [0.1, 0.15) is 43.1 Å². The molecule has 2 saturated heterocycles. The number of fused-ring (bicyclic) bond motifs is 5. The number of carbonyl (C=O) groups excluding carboxylic acids is 3. The van der Waals surface area contributed by atoms with Crippen molar-refractivity contribution in [2.45, 2.75) is 45.3 Å². The van der Waals surface area contributed by atoms with Crippen LogP contribution in [0, 0.1) is 22.0 Å². The van der Waals surface area contributed by atoms with Gasteiger partial charge in [-0.25, -0.2) is 0 Å². The number of likely N-dealkylation sites (tertiary alicyclic amines) is 1. The molecule has 5 rings (SSSR count). The minimum absolute atomic E-state index is 0.115. The Balaban J connectivity index is 1.65. The summed E-state index contributed by atoms with van der Waals surface area (Å²) in [5, 5.41) is 11.1. The molecule has 8 nitrogen and oxygen atoms in total. The number of nitrogens with zero attached hydrogens (tertiary/aromatic N) is 3. The maximum atomic E-state index is 13.9. The topological polar surface area (TPSA) is 101 Å². The lowest BCUT2D eigenvalue weighted by Gasteiger charge is -2.38. The molecule has 2 aromatic carbocycles. The van der Waals surface area contributed by atoms with Crippen LogP contribution in [0.4, 0.5) is 11.4 Å². The number of Topliss-reactive ketones (excluding diaryl/α,β-unsaturated/α-hetero) is 1. The summed E-state index contributed by atoms with van der Waals surface area (Å²) in [6, 6.07) is 11.6. The molecule has 0 aliphatic carbocycles. The Hall–Kier alpha value is -3.81. The monoisotopic (exact) mass is 459 g/mol. The summed E-state index contributed by atoms with van der Waals surface area (Å²) < 4.78 is 0. The summed E-state index contributed by atoms with van der Waals surface area (Å²) in [7, 11) is 0. The maximum Gasteiger partial charge on any atom is 0.269 e. The van der Waals surface area contributed by atoms with E-state index in [2.05, 4.69) is 0 Å². The molecule has 174 valence electrons. The molecule has 0 spiro atoms. The van der Waals surface area contributed by atoms with Crippen molar-refractivity contribution in [2.24, 2.45) is 11.8 Å². The number of nitro groups is 1. The number of hydrogen-bond acceptors (Lipinski definition) is 6. The molecule has 3 heterocycles. The summed E-state index contributed by atoms with van der Waals surface area (Å²) in [5.41, 5.74) is 2.94. The first kappa shape index (κ1) is 22.0. The van der Waals surface area contributed by atoms with Crippen LogP contribution in [0.2, 0.25) is 0 Å². The lowest BCUT2D eigenvalue weighted by Crippen LogP contribution is -2.50. The summed E-state index contributed by atoms with van der Waals surface area (Å²) >= 11 is 0. The number of ketones is 1. The summed E-state index contributed by atoms with van der Waals surface area (Å²) in [6.45, 7) is 5.75. The van der Waals surface area contributed by atoms with Crippen LogP contribution in [0.5, 0.6) is 0 Å². The molecule has 0 aromatic heterocycles. The van der Waals surface area contributed by atoms with Crippen molar-refractivity contribution in [3.05, 3.63) is 75.8 Å². The van der Waals surface area contributed by atoms with Crippen molar-refractivity contribution in [1.29, 1.82) is 0 Å². The zero-order valence-corrected chi connectivity index (χ0v) is 19.2. The van der Waals surface area contributed by atoms with E-state index in [0.29, 0.717) is 6.42 Å². The van der Waals surface area contributed by atoms with E-state index in [4.69, 9.17) is 0 Å². The molecule has 3 aliphatic rings. The lowest BCUT2D eigenvalue weighted by molar-refractivity contribution is -0.384. The molecule has 0 bridgehead atoms. The fourth-order valence-electron chi connectivity index (χ4n) is 5.66. The van der Waals surface area contributed by atoms with Crippen LogP contribution >= 0.6 is 0 Å². The number of benzene rings is 2. The van der Waals surface area contributed by atoms with E-state index in [1.807, 2.05) is 56.0 Å². The molecule has 8 heteroatoms. The third-order valence-corrected chi connectivity index (χ3v) is 7.45. The molecule has 0 radical (unpaired) electrons. The van der Waals surface area contributed by atoms with Gasteiger partial charge in [-0.3, -0.25) is 29.4 Å². The van der Waals surface area contributed by atoms with Crippen molar-refractivity contribution in [2.75, 3.05) is 4.90 Å². The van der Waals surface area contributed by atoms with Crippen molar-refractivity contribution in [1.82, 2.24) is 4.90 Å². The van der Waals surface area contributed by atoms with E-state index in [1.165, 1.54) is 29.2 Å². The minimum Gasteiger partial charge on any atom is -0.352 e. The number of hydrogen-bond donors (Lipinski definition) is 0. The summed E-state index contributed by atoms with van der Waals surface area (Å²) in [5.74, 6) is -2.34. The number of carbonyl (C=O) groups is 3. The van der Waals surface area contributed by atoms with Gasteiger partial charge in [0.15, 0.2) is 5.78 Å². The van der Waals surface area contributed by atoms with Gasteiger partial charge in [0.2, 0.25) is 11.8 Å². The second-order valence-corrected chi connectivity index (χ2v) is 9.23. The van der Waals surface area contributed by atoms with Crippen molar-refractivity contribution < 1.29 is 19.3 Å². The van der Waals surface area contributed by atoms with Gasteiger partial charge < -0.3 is 4.90 Å². The highest BCUT2D eigenvalue weighted by Crippen LogP contribution is 2.50. The molecule has 0 saturated carbocycles. The Kier molecular flexibility index (Phi) is 5.11. The van der Waals surface area contributed by atoms with Crippen molar-refractivity contribution >= 4 is 34.5 Å². The summed E-state index contributed by atoms with van der Waals surface area (Å²) in [6.07, 6.45) is 2.62. The lowest BCUT2D eigenvalue weighted by atomic mass is 9.85. The highest BCUT2D eigenvalue weighted by molar-refractivity contribution is 6.14. The van der Waals surface area contributed by atoms with Gasteiger partial charge in [0.25, 0.3) is 5.69 Å². The molecular formula is C26H25N3O5. The first-order chi connectivity index (χ1) is 16.3. The number of anilines is 1. The molecule has 0 unspecified atom stereocenters. The Morgan fingerprint density at radius 1 is 1.06 bits per heavy atom. The first-order valence-corrected chi connectivity index (χ1v) is 11.5. The van der Waals surface area contributed by atoms with Crippen LogP contribution in [-0.4, -0.2) is 45.5 Å². The molecule has 3 aliphatic heterocycles. The molecular weight excluding hydrogens is 434 g/mol. The number of nitro benzene ring substituents is 1. The molecule has 2 fully saturated rings. The third-order valence-electron chi connectivity index (χ3n) is 7.45. The number of para-hydroxylation sites is 1. The standard InChI is InChI=1S/C26H25N3O5/c1-4-15(3)27-25(31)21-20-13-14(2)18-7-5-6-8-19(18)28(20)23(22(21)26(27)32)24(30)16-9-11-17(12-10-16)29(33)34/h5-13,15,20-23H,4H2,1-3H3/t15-,20+,21+,22-,23+/m1/s1. The number of non-ortho nitro benzene ring substituents is 1. The van der Waals surface area contributed by atoms with Gasteiger partial charge >= 0.3 is 0 Å².